The summed E-state index contributed by atoms with van der Waals surface area (Å²) >= 11 is 0. The topological polar surface area (TPSA) is 55.8 Å². The second-order valence-electron chi connectivity index (χ2n) is 16.0. The molecule has 0 aromatic heterocycles. The third kappa shape index (κ3) is 3.41. The fourth-order valence-electron chi connectivity index (χ4n) is 11.0. The highest BCUT2D eigenvalue weighted by atomic mass is 17.1. The number of rotatable bonds is 2. The molecule has 0 bridgehead atoms. The molecule has 0 aliphatic heterocycles. The monoisotopic (exact) mass is 500 g/mol. The fourth-order valence-corrected chi connectivity index (χ4v) is 11.0. The van der Waals surface area contributed by atoms with Crippen molar-refractivity contribution >= 4 is 5.97 Å². The first-order valence-electron chi connectivity index (χ1n) is 14.7. The summed E-state index contributed by atoms with van der Waals surface area (Å²) in [6.45, 7) is 21.2. The molecule has 4 fully saturated rings. The molecule has 0 aromatic carbocycles. The molecular formula is C32H52O4. The zero-order chi connectivity index (χ0) is 26.5. The molecule has 36 heavy (non-hydrogen) atoms. The highest BCUT2D eigenvalue weighted by molar-refractivity contribution is 5.66. The Kier molecular flexibility index (Phi) is 5.99. The highest BCUT2D eigenvalue weighted by Gasteiger charge is 2.70. The molecular weight excluding hydrogens is 448 g/mol. The first kappa shape index (κ1) is 26.7. The van der Waals surface area contributed by atoms with Crippen molar-refractivity contribution in [2.24, 2.45) is 50.2 Å². The van der Waals surface area contributed by atoms with Gasteiger partial charge in [0.15, 0.2) is 0 Å². The van der Waals surface area contributed by atoms with Crippen LogP contribution in [0.2, 0.25) is 0 Å². The van der Waals surface area contributed by atoms with Gasteiger partial charge >= 0.3 is 5.97 Å². The minimum atomic E-state index is -0.328. The van der Waals surface area contributed by atoms with Crippen LogP contribution in [0.4, 0.5) is 0 Å². The van der Waals surface area contributed by atoms with Crippen molar-refractivity contribution in [2.45, 2.75) is 132 Å². The van der Waals surface area contributed by atoms with E-state index in [4.69, 9.17) is 9.62 Å². The van der Waals surface area contributed by atoms with Crippen LogP contribution in [0.15, 0.2) is 11.6 Å². The Morgan fingerprint density at radius 2 is 1.58 bits per heavy atom. The Balaban J connectivity index is 1.58. The molecule has 9 atom stereocenters. The van der Waals surface area contributed by atoms with Crippen LogP contribution >= 0.6 is 0 Å². The number of hydrogen-bond donors (Lipinski definition) is 1. The molecule has 0 heterocycles. The zero-order valence-electron chi connectivity index (χ0n) is 24.5. The van der Waals surface area contributed by atoms with E-state index in [0.29, 0.717) is 35.0 Å². The lowest BCUT2D eigenvalue weighted by Gasteiger charge is -2.72. The second kappa shape index (κ2) is 8.07. The predicted octanol–water partition coefficient (Wildman–Crippen LogP) is 8.21. The van der Waals surface area contributed by atoms with Crippen LogP contribution in [0.5, 0.6) is 0 Å². The van der Waals surface area contributed by atoms with Crippen LogP contribution in [0.25, 0.3) is 0 Å². The first-order valence-corrected chi connectivity index (χ1v) is 14.7. The normalized spacial score (nSPS) is 51.1. The first-order chi connectivity index (χ1) is 16.6. The average Bonchev–Trinajstić information content (AvgIpc) is 2.77. The average molecular weight is 501 g/mol. The Morgan fingerprint density at radius 1 is 0.917 bits per heavy atom. The van der Waals surface area contributed by atoms with E-state index in [1.54, 1.807) is 5.57 Å². The summed E-state index contributed by atoms with van der Waals surface area (Å²) in [5.41, 5.74) is 2.61. The van der Waals surface area contributed by atoms with Gasteiger partial charge in [0.1, 0.15) is 12.2 Å². The van der Waals surface area contributed by atoms with Gasteiger partial charge in [-0.25, -0.2) is 4.89 Å². The molecule has 0 radical (unpaired) electrons. The molecule has 4 saturated carbocycles. The van der Waals surface area contributed by atoms with Gasteiger partial charge in [0.25, 0.3) is 0 Å². The van der Waals surface area contributed by atoms with Crippen LogP contribution in [0.3, 0.4) is 0 Å². The number of allylic oxidation sites excluding steroid dienone is 2. The third-order valence-corrected chi connectivity index (χ3v) is 13.5. The largest absolute Gasteiger partial charge is 0.462 e. The quantitative estimate of drug-likeness (QED) is 0.180. The van der Waals surface area contributed by atoms with Crippen molar-refractivity contribution in [3.8, 4) is 0 Å². The van der Waals surface area contributed by atoms with Gasteiger partial charge in [-0.1, -0.05) is 67.0 Å². The summed E-state index contributed by atoms with van der Waals surface area (Å²) in [5, 5.41) is 10.3. The van der Waals surface area contributed by atoms with E-state index in [-0.39, 0.29) is 39.8 Å². The van der Waals surface area contributed by atoms with Crippen molar-refractivity contribution in [3.05, 3.63) is 11.6 Å². The van der Waals surface area contributed by atoms with E-state index in [0.717, 1.165) is 12.8 Å². The predicted molar refractivity (Wildman–Crippen MR) is 143 cm³/mol. The molecule has 0 spiro atoms. The van der Waals surface area contributed by atoms with Crippen molar-refractivity contribution in [3.63, 3.8) is 0 Å². The maximum Gasteiger partial charge on any atom is 0.302 e. The van der Waals surface area contributed by atoms with E-state index in [1.165, 1.54) is 45.4 Å². The van der Waals surface area contributed by atoms with E-state index in [2.05, 4.69) is 61.5 Å². The summed E-state index contributed by atoms with van der Waals surface area (Å²) < 4.78 is 5.85. The molecule has 4 nitrogen and oxygen atoms in total. The molecule has 0 amide bonds. The maximum absolute atomic E-state index is 12.0. The highest BCUT2D eigenvalue weighted by Crippen LogP contribution is 2.76. The molecule has 0 aromatic rings. The van der Waals surface area contributed by atoms with Crippen molar-refractivity contribution in [1.29, 1.82) is 0 Å². The van der Waals surface area contributed by atoms with Crippen LogP contribution in [-0.4, -0.2) is 23.4 Å². The molecule has 204 valence electrons. The summed E-state index contributed by atoms with van der Waals surface area (Å²) in [7, 11) is 0. The minimum Gasteiger partial charge on any atom is -0.462 e. The van der Waals surface area contributed by atoms with Crippen LogP contribution in [0.1, 0.15) is 120 Å². The van der Waals surface area contributed by atoms with Gasteiger partial charge in [-0.15, -0.1) is 0 Å². The number of hydrogen-bond acceptors (Lipinski definition) is 4. The summed E-state index contributed by atoms with van der Waals surface area (Å²) in [4.78, 5) is 17.3. The lowest BCUT2D eigenvalue weighted by Crippen LogP contribution is -2.68. The smallest absolute Gasteiger partial charge is 0.302 e. The van der Waals surface area contributed by atoms with Crippen LogP contribution < -0.4 is 0 Å². The van der Waals surface area contributed by atoms with Crippen LogP contribution in [0, 0.1) is 50.2 Å². The maximum atomic E-state index is 12.0. The SMILES string of the molecule is CC(=O)O[C@H]1CC(OO)[C@@]2(C)C(CC[C@]3(C)C2CC=C2C4CC(C)(C)CC[C@]4(C)CC[C@]23C)C1(C)C. The fraction of sp³-hybridized carbons (Fsp3) is 0.906. The van der Waals surface area contributed by atoms with E-state index < -0.39 is 0 Å². The summed E-state index contributed by atoms with van der Waals surface area (Å²) in [6.07, 6.45) is 12.6. The molecule has 4 unspecified atom stereocenters. The van der Waals surface area contributed by atoms with E-state index in [1.807, 2.05) is 0 Å². The molecule has 5 aliphatic rings. The Bertz CT molecular complexity index is 950. The van der Waals surface area contributed by atoms with Gasteiger partial charge in [0, 0.05) is 24.2 Å². The molecule has 4 heteroatoms. The van der Waals surface area contributed by atoms with Crippen molar-refractivity contribution in [1.82, 2.24) is 0 Å². The van der Waals surface area contributed by atoms with Gasteiger partial charge in [-0.2, -0.15) is 0 Å². The number of ether oxygens (including phenoxy) is 1. The third-order valence-electron chi connectivity index (χ3n) is 13.5. The number of carbonyl (C=O) groups is 1. The van der Waals surface area contributed by atoms with Gasteiger partial charge in [-0.05, 0) is 90.8 Å². The van der Waals surface area contributed by atoms with Gasteiger partial charge in [0.05, 0.1) is 0 Å². The van der Waals surface area contributed by atoms with E-state index >= 15 is 0 Å². The Morgan fingerprint density at radius 3 is 2.22 bits per heavy atom. The standard InChI is InChI=1S/C32H52O4/c1-20(33)35-25-18-26(36-34)32(9)23(28(25,4)5)12-13-31(8)24(32)11-10-21-22-19-27(2,3)14-15-29(22,6)16-17-30(21,31)7/h10,22-26,34H,11-19H2,1-9H3/t22?,23?,24?,25-,26?,29+,30+,31+,32-/m0/s1. The lowest BCUT2D eigenvalue weighted by atomic mass is 9.33. The number of fused-ring (bicyclic) bond motifs is 7. The zero-order valence-corrected chi connectivity index (χ0v) is 24.5. The number of carbonyl (C=O) groups excluding carboxylic acids is 1. The van der Waals surface area contributed by atoms with Crippen molar-refractivity contribution < 1.29 is 19.7 Å². The molecule has 0 saturated heterocycles. The Labute approximate surface area is 219 Å². The van der Waals surface area contributed by atoms with Crippen LogP contribution in [-0.2, 0) is 14.4 Å². The summed E-state index contributed by atoms with van der Waals surface area (Å²) in [5.74, 6) is 1.18. The van der Waals surface area contributed by atoms with Gasteiger partial charge < -0.3 is 4.74 Å². The van der Waals surface area contributed by atoms with Gasteiger partial charge in [0.2, 0.25) is 0 Å². The number of esters is 1. The summed E-state index contributed by atoms with van der Waals surface area (Å²) in [6, 6.07) is 0. The minimum absolute atomic E-state index is 0.159. The molecule has 5 rings (SSSR count). The molecule has 1 N–H and O–H groups in total. The second-order valence-corrected chi connectivity index (χ2v) is 16.0. The van der Waals surface area contributed by atoms with Gasteiger partial charge in [-0.3, -0.25) is 10.1 Å². The molecule has 5 aliphatic carbocycles. The lowest BCUT2D eigenvalue weighted by molar-refractivity contribution is -0.355. The van der Waals surface area contributed by atoms with Crippen molar-refractivity contribution in [2.75, 3.05) is 0 Å². The Hall–Kier alpha value is -0.870. The van der Waals surface area contributed by atoms with E-state index in [9.17, 15) is 10.1 Å².